The van der Waals surface area contributed by atoms with Gasteiger partial charge in [0.25, 0.3) is 0 Å². The van der Waals surface area contributed by atoms with Gasteiger partial charge in [-0.25, -0.2) is 4.79 Å². The number of rotatable bonds is 4. The van der Waals surface area contributed by atoms with E-state index in [2.05, 4.69) is 10.1 Å². The van der Waals surface area contributed by atoms with Gasteiger partial charge in [-0.05, 0) is 18.8 Å². The third-order valence-corrected chi connectivity index (χ3v) is 3.32. The molecule has 0 aromatic rings. The zero-order valence-electron chi connectivity index (χ0n) is 11.5. The standard InChI is InChI=1S/C12H22N2O5/c1-7(2)9(13-12(18)19-3)10(15)14-6-4-5-8(14)11(16)17/h7-9,11,16-17H,4-6H2,1-3H3,(H,13,18)/t8?,9-/m0/s1. The fourth-order valence-corrected chi connectivity index (χ4v) is 2.25. The van der Waals surface area contributed by atoms with Crippen LogP contribution in [0.15, 0.2) is 0 Å². The summed E-state index contributed by atoms with van der Waals surface area (Å²) in [6.07, 6.45) is -0.964. The normalized spacial score (nSPS) is 20.8. The molecule has 7 heteroatoms. The van der Waals surface area contributed by atoms with E-state index in [4.69, 9.17) is 0 Å². The predicted molar refractivity (Wildman–Crippen MR) is 67.1 cm³/mol. The van der Waals surface area contributed by atoms with Crippen molar-refractivity contribution in [2.45, 2.75) is 45.1 Å². The van der Waals surface area contributed by atoms with E-state index in [0.29, 0.717) is 13.0 Å². The van der Waals surface area contributed by atoms with Crippen LogP contribution in [0.3, 0.4) is 0 Å². The summed E-state index contributed by atoms with van der Waals surface area (Å²) in [5.41, 5.74) is 0. The lowest BCUT2D eigenvalue weighted by Crippen LogP contribution is -2.54. The Bertz CT molecular complexity index is 332. The Hall–Kier alpha value is -1.34. The van der Waals surface area contributed by atoms with Gasteiger partial charge in [0, 0.05) is 6.54 Å². The summed E-state index contributed by atoms with van der Waals surface area (Å²) in [5, 5.41) is 21.0. The van der Waals surface area contributed by atoms with Gasteiger partial charge in [0.2, 0.25) is 5.91 Å². The number of amides is 2. The zero-order valence-corrected chi connectivity index (χ0v) is 11.5. The Morgan fingerprint density at radius 3 is 2.47 bits per heavy atom. The van der Waals surface area contributed by atoms with Crippen molar-refractivity contribution < 1.29 is 24.5 Å². The van der Waals surface area contributed by atoms with Crippen LogP contribution in [0, 0.1) is 5.92 Å². The van der Waals surface area contributed by atoms with E-state index in [1.54, 1.807) is 13.8 Å². The Morgan fingerprint density at radius 2 is 2.00 bits per heavy atom. The lowest BCUT2D eigenvalue weighted by molar-refractivity contribution is -0.146. The molecule has 1 aliphatic rings. The van der Waals surface area contributed by atoms with E-state index < -0.39 is 24.5 Å². The van der Waals surface area contributed by atoms with Crippen molar-refractivity contribution in [1.82, 2.24) is 10.2 Å². The molecule has 0 aromatic carbocycles. The first-order valence-electron chi connectivity index (χ1n) is 6.39. The summed E-state index contributed by atoms with van der Waals surface area (Å²) in [5.74, 6) is -0.431. The molecular formula is C12H22N2O5. The minimum absolute atomic E-state index is 0.122. The molecule has 1 heterocycles. The summed E-state index contributed by atoms with van der Waals surface area (Å²) in [6.45, 7) is 4.07. The number of aliphatic hydroxyl groups excluding tert-OH is 1. The molecule has 0 aromatic heterocycles. The van der Waals surface area contributed by atoms with Crippen LogP contribution < -0.4 is 5.32 Å². The van der Waals surface area contributed by atoms with Crippen molar-refractivity contribution in [3.05, 3.63) is 0 Å². The van der Waals surface area contributed by atoms with E-state index in [0.717, 1.165) is 6.42 Å². The number of nitrogens with zero attached hydrogens (tertiary/aromatic N) is 1. The van der Waals surface area contributed by atoms with Gasteiger partial charge >= 0.3 is 6.09 Å². The van der Waals surface area contributed by atoms with Crippen molar-refractivity contribution >= 4 is 12.0 Å². The summed E-state index contributed by atoms with van der Waals surface area (Å²) in [4.78, 5) is 25.1. The molecule has 1 fully saturated rings. The second-order valence-corrected chi connectivity index (χ2v) is 5.01. The minimum Gasteiger partial charge on any atom is -0.453 e. The second-order valence-electron chi connectivity index (χ2n) is 5.01. The van der Waals surface area contributed by atoms with Crippen LogP contribution in [-0.4, -0.2) is 59.1 Å². The maximum absolute atomic E-state index is 12.4. The summed E-state index contributed by atoms with van der Waals surface area (Å²) in [6, 6.07) is -1.33. The fraction of sp³-hybridized carbons (Fsp3) is 0.833. The van der Waals surface area contributed by atoms with Gasteiger partial charge in [-0.15, -0.1) is 0 Å². The average molecular weight is 274 g/mol. The van der Waals surface area contributed by atoms with Crippen LogP contribution in [0.4, 0.5) is 4.79 Å². The van der Waals surface area contributed by atoms with Gasteiger partial charge < -0.3 is 25.2 Å². The molecule has 7 nitrogen and oxygen atoms in total. The summed E-state index contributed by atoms with van der Waals surface area (Å²) < 4.78 is 4.50. The average Bonchev–Trinajstić information content (AvgIpc) is 2.83. The molecule has 0 saturated carbocycles. The maximum Gasteiger partial charge on any atom is 0.407 e. The molecule has 0 spiro atoms. The predicted octanol–water partition coefficient (Wildman–Crippen LogP) is -0.331. The highest BCUT2D eigenvalue weighted by molar-refractivity contribution is 5.86. The number of aliphatic hydroxyl groups is 2. The highest BCUT2D eigenvalue weighted by Crippen LogP contribution is 2.21. The minimum atomic E-state index is -1.56. The Balaban J connectivity index is 2.78. The quantitative estimate of drug-likeness (QED) is 0.610. The van der Waals surface area contributed by atoms with Gasteiger partial charge in [-0.3, -0.25) is 4.79 Å². The summed E-state index contributed by atoms with van der Waals surface area (Å²) in [7, 11) is 1.23. The Morgan fingerprint density at radius 1 is 1.37 bits per heavy atom. The Labute approximate surface area is 112 Å². The number of nitrogens with one attached hydrogen (secondary N) is 1. The molecular weight excluding hydrogens is 252 g/mol. The van der Waals surface area contributed by atoms with Crippen LogP contribution in [0.2, 0.25) is 0 Å². The highest BCUT2D eigenvalue weighted by atomic mass is 16.5. The first-order valence-corrected chi connectivity index (χ1v) is 6.39. The molecule has 1 saturated heterocycles. The number of hydrogen-bond donors (Lipinski definition) is 3. The first kappa shape index (κ1) is 15.7. The number of ether oxygens (including phenoxy) is 1. The second kappa shape index (κ2) is 6.72. The van der Waals surface area contributed by atoms with E-state index in [9.17, 15) is 19.8 Å². The zero-order chi connectivity index (χ0) is 14.6. The number of alkyl carbamates (subject to hydrolysis) is 1. The van der Waals surface area contributed by atoms with Gasteiger partial charge in [0.15, 0.2) is 6.29 Å². The van der Waals surface area contributed by atoms with E-state index in [1.165, 1.54) is 12.0 Å². The molecule has 0 bridgehead atoms. The third kappa shape index (κ3) is 3.81. The smallest absolute Gasteiger partial charge is 0.407 e. The van der Waals surface area contributed by atoms with E-state index in [1.807, 2.05) is 0 Å². The molecule has 0 radical (unpaired) electrons. The molecule has 0 aliphatic carbocycles. The fourth-order valence-electron chi connectivity index (χ4n) is 2.25. The van der Waals surface area contributed by atoms with Crippen molar-refractivity contribution in [3.63, 3.8) is 0 Å². The van der Waals surface area contributed by atoms with Crippen LogP contribution >= 0.6 is 0 Å². The molecule has 3 N–H and O–H groups in total. The topological polar surface area (TPSA) is 99.1 Å². The first-order chi connectivity index (χ1) is 8.88. The molecule has 110 valence electrons. The van der Waals surface area contributed by atoms with Gasteiger partial charge in [0.1, 0.15) is 6.04 Å². The third-order valence-electron chi connectivity index (χ3n) is 3.32. The lowest BCUT2D eigenvalue weighted by atomic mass is 10.0. The van der Waals surface area contributed by atoms with Crippen LogP contribution in [-0.2, 0) is 9.53 Å². The SMILES string of the molecule is COC(=O)N[C@H](C(=O)N1CCCC1C(O)O)C(C)C. The van der Waals surface area contributed by atoms with Gasteiger partial charge in [0.05, 0.1) is 13.2 Å². The molecule has 19 heavy (non-hydrogen) atoms. The van der Waals surface area contributed by atoms with E-state index >= 15 is 0 Å². The number of likely N-dealkylation sites (tertiary alicyclic amines) is 1. The van der Waals surface area contributed by atoms with Crippen LogP contribution in [0.1, 0.15) is 26.7 Å². The van der Waals surface area contributed by atoms with Crippen molar-refractivity contribution in [2.75, 3.05) is 13.7 Å². The van der Waals surface area contributed by atoms with Crippen molar-refractivity contribution in [2.24, 2.45) is 5.92 Å². The van der Waals surface area contributed by atoms with Gasteiger partial charge in [-0.2, -0.15) is 0 Å². The largest absolute Gasteiger partial charge is 0.453 e. The van der Waals surface area contributed by atoms with Gasteiger partial charge in [-0.1, -0.05) is 13.8 Å². The van der Waals surface area contributed by atoms with Crippen molar-refractivity contribution in [3.8, 4) is 0 Å². The highest BCUT2D eigenvalue weighted by Gasteiger charge is 2.37. The molecule has 1 rings (SSSR count). The number of carbonyl (C=O) groups is 2. The summed E-state index contributed by atoms with van der Waals surface area (Å²) >= 11 is 0. The number of methoxy groups -OCH3 is 1. The molecule has 2 amide bonds. The monoisotopic (exact) mass is 274 g/mol. The molecule has 1 aliphatic heterocycles. The van der Waals surface area contributed by atoms with E-state index in [-0.39, 0.29) is 11.8 Å². The number of carbonyl (C=O) groups excluding carboxylic acids is 2. The van der Waals surface area contributed by atoms with Crippen LogP contribution in [0.25, 0.3) is 0 Å². The lowest BCUT2D eigenvalue weighted by Gasteiger charge is -2.31. The van der Waals surface area contributed by atoms with Crippen LogP contribution in [0.5, 0.6) is 0 Å². The van der Waals surface area contributed by atoms with Crippen molar-refractivity contribution in [1.29, 1.82) is 0 Å². The molecule has 2 atom stereocenters. The number of hydrogen-bond acceptors (Lipinski definition) is 5. The Kier molecular flexibility index (Phi) is 5.56. The molecule has 1 unspecified atom stereocenters. The maximum atomic E-state index is 12.4.